The van der Waals surface area contributed by atoms with Gasteiger partial charge in [-0.2, -0.15) is 0 Å². The molecule has 0 aliphatic heterocycles. The van der Waals surface area contributed by atoms with E-state index in [1.165, 1.54) is 86.1 Å². The molecule has 22 aromatic rings. The van der Waals surface area contributed by atoms with Crippen LogP contribution in [0.5, 0.6) is 0 Å². The van der Waals surface area contributed by atoms with Crippen LogP contribution in [0.1, 0.15) is 0 Å². The summed E-state index contributed by atoms with van der Waals surface area (Å²) in [7, 11) is 0. The van der Waals surface area contributed by atoms with E-state index in [0.29, 0.717) is 17.5 Å². The summed E-state index contributed by atoms with van der Waals surface area (Å²) in [5, 5.41) is 16.4. The van der Waals surface area contributed by atoms with Gasteiger partial charge in [0.15, 0.2) is 5.58 Å². The summed E-state index contributed by atoms with van der Waals surface area (Å²) in [6, 6.07) is 91.9. The first-order valence-corrected chi connectivity index (χ1v) is 31.3. The maximum Gasteiger partial charge on any atom is 0.236 e. The first-order valence-electron chi connectivity index (χ1n) is 30.5. The van der Waals surface area contributed by atoms with Crippen molar-refractivity contribution in [1.29, 1.82) is 0 Å². The van der Waals surface area contributed by atoms with Crippen molar-refractivity contribution in [2.24, 2.45) is 0 Å². The van der Waals surface area contributed by atoms with Gasteiger partial charge in [-0.05, 0) is 83.9 Å². The molecule has 0 atom stereocenters. The normalized spacial score (nSPS) is 12.7. The van der Waals surface area contributed by atoms with Gasteiger partial charge in [0.05, 0.1) is 71.1 Å². The average molecular weight is 1160 g/mol. The van der Waals surface area contributed by atoms with Gasteiger partial charge in [-0.25, -0.2) is 19.9 Å². The lowest BCUT2D eigenvalue weighted by atomic mass is 9.98. The first kappa shape index (κ1) is 47.2. The van der Waals surface area contributed by atoms with Crippen molar-refractivity contribution in [2.45, 2.75) is 0 Å². The van der Waals surface area contributed by atoms with Crippen molar-refractivity contribution in [3.05, 3.63) is 255 Å². The van der Waals surface area contributed by atoms with Gasteiger partial charge >= 0.3 is 0 Å². The Labute approximate surface area is 513 Å². The summed E-state index contributed by atoms with van der Waals surface area (Å²) in [5.74, 6) is 1.23. The highest BCUT2D eigenvalue weighted by Crippen LogP contribution is 2.50. The second-order valence-electron chi connectivity index (χ2n) is 24.0. The topological polar surface area (TPSA) is 83.4 Å². The van der Waals surface area contributed by atoms with Crippen LogP contribution >= 0.6 is 11.3 Å². The third-order valence-electron chi connectivity index (χ3n) is 19.5. The number of thiophene rings is 1. The summed E-state index contributed by atoms with van der Waals surface area (Å²) < 4.78 is 18.6. The van der Waals surface area contributed by atoms with Crippen molar-refractivity contribution in [3.63, 3.8) is 0 Å². The molecule has 0 aliphatic rings. The Hall–Kier alpha value is -12.0. The predicted molar refractivity (Wildman–Crippen MR) is 372 cm³/mol. The molecule has 0 spiro atoms. The maximum absolute atomic E-state index is 6.81. The van der Waals surface area contributed by atoms with Gasteiger partial charge in [0.25, 0.3) is 0 Å². The molecule has 90 heavy (non-hydrogen) atoms. The van der Waals surface area contributed by atoms with Crippen LogP contribution in [0.4, 0.5) is 0 Å². The van der Waals surface area contributed by atoms with Gasteiger partial charge in [0.2, 0.25) is 11.9 Å². The minimum absolute atomic E-state index is 0.585. The molecule has 9 nitrogen and oxygen atoms in total. The fourth-order valence-corrected chi connectivity index (χ4v) is 16.9. The van der Waals surface area contributed by atoms with E-state index in [1.807, 2.05) is 12.1 Å². The maximum atomic E-state index is 6.81. The minimum atomic E-state index is 0.585. The quantitative estimate of drug-likeness (QED) is 0.171. The van der Waals surface area contributed by atoms with Crippen molar-refractivity contribution in [3.8, 4) is 45.5 Å². The van der Waals surface area contributed by atoms with Crippen LogP contribution in [0.25, 0.3) is 208 Å². The molecule has 0 bridgehead atoms. The third-order valence-corrected chi connectivity index (χ3v) is 20.6. The average Bonchev–Trinajstić information content (AvgIpc) is 1.53. The minimum Gasteiger partial charge on any atom is -0.452 e. The largest absolute Gasteiger partial charge is 0.452 e. The number of aromatic nitrogens is 8. The lowest BCUT2D eigenvalue weighted by molar-refractivity contribution is 0.666. The Balaban J connectivity index is 0.757. The van der Waals surface area contributed by atoms with Crippen LogP contribution < -0.4 is 0 Å². The van der Waals surface area contributed by atoms with Gasteiger partial charge in [0.1, 0.15) is 16.8 Å². The molecule has 414 valence electrons. The molecule has 0 N–H and O–H groups in total. The second kappa shape index (κ2) is 17.0. The van der Waals surface area contributed by atoms with Crippen molar-refractivity contribution in [2.75, 3.05) is 0 Å². The molecule has 22 rings (SSSR count). The van der Waals surface area contributed by atoms with Crippen LogP contribution in [0.3, 0.4) is 0 Å². The van der Waals surface area contributed by atoms with E-state index in [0.717, 1.165) is 104 Å². The number of fused-ring (bicyclic) bond motifs is 26. The lowest BCUT2D eigenvalue weighted by Crippen LogP contribution is -2.03. The van der Waals surface area contributed by atoms with Gasteiger partial charge in [0, 0.05) is 91.2 Å². The molecular weight excluding hydrogens is 1120 g/mol. The Morgan fingerprint density at radius 2 is 0.744 bits per heavy atom. The lowest BCUT2D eigenvalue weighted by Gasteiger charge is -2.11. The first-order chi connectivity index (χ1) is 44.7. The predicted octanol–water partition coefficient (Wildman–Crippen LogP) is 21.0. The summed E-state index contributed by atoms with van der Waals surface area (Å²) in [5.41, 5.74) is 20.4. The van der Waals surface area contributed by atoms with E-state index >= 15 is 0 Å². The van der Waals surface area contributed by atoms with Crippen LogP contribution in [0, 0.1) is 0 Å². The number of para-hydroxylation sites is 6. The van der Waals surface area contributed by atoms with Crippen molar-refractivity contribution >= 4 is 174 Å². The van der Waals surface area contributed by atoms with Gasteiger partial charge in [-0.1, -0.05) is 182 Å². The molecule has 0 radical (unpaired) electrons. The summed E-state index contributed by atoms with van der Waals surface area (Å²) in [6.45, 7) is 0. The summed E-state index contributed by atoms with van der Waals surface area (Å²) in [6.07, 6.45) is 0. The zero-order valence-electron chi connectivity index (χ0n) is 47.6. The van der Waals surface area contributed by atoms with E-state index in [2.05, 4.69) is 261 Å². The molecule has 0 amide bonds. The number of benzene rings is 12. The molecule has 12 aromatic carbocycles. The molecule has 0 fully saturated rings. The second-order valence-corrected chi connectivity index (χ2v) is 25.0. The summed E-state index contributed by atoms with van der Waals surface area (Å²) >= 11 is 1.76. The van der Waals surface area contributed by atoms with Crippen molar-refractivity contribution < 1.29 is 4.42 Å². The third kappa shape index (κ3) is 5.96. The Kier molecular flexibility index (Phi) is 8.89. The molecule has 0 aliphatic carbocycles. The van der Waals surface area contributed by atoms with E-state index < -0.39 is 0 Å². The molecule has 10 aromatic heterocycles. The standard InChI is InChI=1S/C80H42N8OS/c1-2-18-44(19-3-1)72-78-74(53-26-10-17-33-66(53)90-78)84-80(82-72)88-61-31-15-7-23-50(61)68-64(88)42-55-48-21-5-12-28-58(48)86-62-39-38-46(40-56(62)70(68)76(55)86)43-34-36-45(37-35-43)71-77-73(52-25-9-16-32-65(52)89-77)83-79(81-71)87-60-30-14-6-22-49(60)67-63(87)41-54-47-20-4-11-27-57(47)85-59-29-13-8-24-51(59)69(67)75(54)85/h1-42H. The molecule has 0 saturated carbocycles. The SMILES string of the molecule is c1ccc(-c2nc(-n3c4ccccc4c4c5c6cc(-c7ccc(-c8nc(-n9c%10ccccc%10c%10c%11c%12ccccc%12n%12c%13ccccc%13c(cc%109)c%11%12)nc9c8oc8ccccc89)cc7)ccc6n6c7ccccc7c(cc43)c56)nc3c2sc2ccccc23)cc1. The Morgan fingerprint density at radius 1 is 0.289 bits per heavy atom. The fraction of sp³-hybridized carbons (Fsp3) is 0. The highest BCUT2D eigenvalue weighted by atomic mass is 32.1. The zero-order chi connectivity index (χ0) is 58.2. The van der Waals surface area contributed by atoms with E-state index in [1.54, 1.807) is 11.3 Å². The zero-order valence-corrected chi connectivity index (χ0v) is 48.5. The number of furan rings is 1. The van der Waals surface area contributed by atoms with Crippen molar-refractivity contribution in [1.82, 2.24) is 37.9 Å². The van der Waals surface area contributed by atoms with Gasteiger partial charge in [-0.15, -0.1) is 11.3 Å². The number of hydrogen-bond acceptors (Lipinski definition) is 6. The Bertz CT molecular complexity index is 6900. The van der Waals surface area contributed by atoms with E-state index in [9.17, 15) is 0 Å². The van der Waals surface area contributed by atoms with Gasteiger partial charge < -0.3 is 13.2 Å². The van der Waals surface area contributed by atoms with E-state index in [4.69, 9.17) is 24.4 Å². The van der Waals surface area contributed by atoms with Crippen LogP contribution in [-0.4, -0.2) is 37.9 Å². The number of hydrogen-bond donors (Lipinski definition) is 0. The monoisotopic (exact) mass is 1160 g/mol. The molecule has 0 saturated heterocycles. The van der Waals surface area contributed by atoms with Crippen LogP contribution in [-0.2, 0) is 0 Å². The number of nitrogens with zero attached hydrogens (tertiary/aromatic N) is 8. The highest BCUT2D eigenvalue weighted by molar-refractivity contribution is 7.26. The molecular formula is C80H42N8OS. The number of rotatable bonds is 5. The Morgan fingerprint density at radius 3 is 1.39 bits per heavy atom. The van der Waals surface area contributed by atoms with Gasteiger partial charge in [-0.3, -0.25) is 9.13 Å². The fourth-order valence-electron chi connectivity index (χ4n) is 15.8. The smallest absolute Gasteiger partial charge is 0.236 e. The van der Waals surface area contributed by atoms with Crippen LogP contribution in [0.15, 0.2) is 259 Å². The van der Waals surface area contributed by atoms with Crippen LogP contribution in [0.2, 0.25) is 0 Å². The highest BCUT2D eigenvalue weighted by Gasteiger charge is 2.29. The van der Waals surface area contributed by atoms with E-state index in [-0.39, 0.29) is 0 Å². The molecule has 10 heteroatoms. The molecule has 10 heterocycles. The molecule has 0 unspecified atom stereocenters. The summed E-state index contributed by atoms with van der Waals surface area (Å²) in [4.78, 5) is 22.3.